The van der Waals surface area contributed by atoms with Crippen molar-refractivity contribution in [2.75, 3.05) is 5.75 Å². The van der Waals surface area contributed by atoms with Crippen molar-refractivity contribution in [2.24, 2.45) is 12.8 Å². The predicted molar refractivity (Wildman–Crippen MR) is 85.4 cm³/mol. The number of benzene rings is 2. The Labute approximate surface area is 126 Å². The van der Waals surface area contributed by atoms with Crippen LogP contribution in [0, 0.1) is 0 Å². The first-order chi connectivity index (χ1) is 10.2. The molecule has 0 aliphatic rings. The molecule has 0 aliphatic carbocycles. The Morgan fingerprint density at radius 2 is 2.05 bits per heavy atom. The third-order valence-corrected chi connectivity index (χ3v) is 4.60. The van der Waals surface area contributed by atoms with Crippen LogP contribution in [0.15, 0.2) is 52.4 Å². The van der Waals surface area contributed by atoms with E-state index in [4.69, 9.17) is 5.73 Å². The van der Waals surface area contributed by atoms with E-state index in [1.54, 1.807) is 7.05 Å². The summed E-state index contributed by atoms with van der Waals surface area (Å²) in [5.74, 6) is 0.659. The number of nitrogens with one attached hydrogen (secondary N) is 1. The molecule has 0 amide bonds. The molecule has 108 valence electrons. The van der Waals surface area contributed by atoms with Crippen LogP contribution in [-0.4, -0.2) is 20.5 Å². The van der Waals surface area contributed by atoms with Crippen molar-refractivity contribution >= 4 is 22.5 Å². The van der Waals surface area contributed by atoms with Gasteiger partial charge in [-0.1, -0.05) is 54.2 Å². The van der Waals surface area contributed by atoms with Gasteiger partial charge in [0.2, 0.25) is 0 Å². The predicted octanol–water partition coefficient (Wildman–Crippen LogP) is 2.05. The highest BCUT2D eigenvalue weighted by atomic mass is 32.2. The molecule has 0 bridgehead atoms. The van der Waals surface area contributed by atoms with Crippen LogP contribution in [0.3, 0.4) is 0 Å². The Morgan fingerprint density at radius 1 is 1.29 bits per heavy atom. The van der Waals surface area contributed by atoms with E-state index in [1.807, 2.05) is 18.2 Å². The highest BCUT2D eigenvalue weighted by molar-refractivity contribution is 7.99. The summed E-state index contributed by atoms with van der Waals surface area (Å²) in [6.07, 6.45) is 0. The lowest BCUT2D eigenvalue weighted by Gasteiger charge is -2.14. The molecule has 0 aliphatic heterocycles. The van der Waals surface area contributed by atoms with Crippen molar-refractivity contribution in [2.45, 2.75) is 11.2 Å². The number of nitrogens with zero attached hydrogens (tertiary/aromatic N) is 2. The third kappa shape index (κ3) is 2.72. The zero-order valence-electron chi connectivity index (χ0n) is 11.6. The van der Waals surface area contributed by atoms with Crippen LogP contribution >= 0.6 is 11.8 Å². The molecule has 6 heteroatoms. The number of hydrogen-bond acceptors (Lipinski definition) is 4. The molecule has 2 aromatic carbocycles. The highest BCUT2D eigenvalue weighted by Gasteiger charge is 2.12. The summed E-state index contributed by atoms with van der Waals surface area (Å²) in [4.78, 5) is 11.3. The van der Waals surface area contributed by atoms with Gasteiger partial charge in [0.15, 0.2) is 5.16 Å². The summed E-state index contributed by atoms with van der Waals surface area (Å²) in [5.41, 5.74) is 7.22. The van der Waals surface area contributed by atoms with Crippen molar-refractivity contribution in [1.82, 2.24) is 14.8 Å². The normalized spacial score (nSPS) is 12.7. The molecular weight excluding hydrogens is 284 g/mol. The molecule has 1 aromatic heterocycles. The first kappa shape index (κ1) is 13.9. The lowest BCUT2D eigenvalue weighted by molar-refractivity contribution is 0.760. The van der Waals surface area contributed by atoms with Gasteiger partial charge in [0.05, 0.1) is 0 Å². The molecule has 0 saturated carbocycles. The van der Waals surface area contributed by atoms with Gasteiger partial charge in [-0.15, -0.1) is 5.10 Å². The summed E-state index contributed by atoms with van der Waals surface area (Å²) in [6, 6.07) is 14.2. The second kappa shape index (κ2) is 5.75. The number of nitrogens with two attached hydrogens (primary N) is 1. The molecule has 0 radical (unpaired) electrons. The summed E-state index contributed by atoms with van der Waals surface area (Å²) in [6.45, 7) is 0. The van der Waals surface area contributed by atoms with Gasteiger partial charge in [-0.2, -0.15) is 0 Å². The molecule has 1 heterocycles. The van der Waals surface area contributed by atoms with Crippen LogP contribution in [0.2, 0.25) is 0 Å². The topological polar surface area (TPSA) is 76.7 Å². The third-order valence-electron chi connectivity index (χ3n) is 3.45. The van der Waals surface area contributed by atoms with Gasteiger partial charge in [-0.05, 0) is 16.3 Å². The van der Waals surface area contributed by atoms with E-state index < -0.39 is 0 Å². The smallest absolute Gasteiger partial charge is 0.323 e. The second-order valence-electron chi connectivity index (χ2n) is 4.86. The van der Waals surface area contributed by atoms with Crippen LogP contribution in [0.25, 0.3) is 10.8 Å². The number of H-pyrrole nitrogens is 1. The molecular formula is C15H16N4OS. The highest BCUT2D eigenvalue weighted by Crippen LogP contribution is 2.26. The van der Waals surface area contributed by atoms with Gasteiger partial charge in [-0.25, -0.2) is 9.89 Å². The minimum absolute atomic E-state index is 0.118. The molecule has 3 N–H and O–H groups in total. The Morgan fingerprint density at radius 3 is 2.81 bits per heavy atom. The summed E-state index contributed by atoms with van der Waals surface area (Å²) in [5, 5.41) is 9.40. The number of thioether (sulfide) groups is 1. The van der Waals surface area contributed by atoms with Crippen LogP contribution in [-0.2, 0) is 7.05 Å². The average Bonchev–Trinajstić information content (AvgIpc) is 2.84. The maximum absolute atomic E-state index is 11.3. The second-order valence-corrected chi connectivity index (χ2v) is 5.84. The first-order valence-corrected chi connectivity index (χ1v) is 7.63. The van der Waals surface area contributed by atoms with E-state index in [-0.39, 0.29) is 11.7 Å². The standard InChI is InChI=1S/C15H16N4OS/c1-19-14(20)17-18-15(19)21-9-13(16)12-8-4-6-10-5-2-3-7-11(10)12/h2-8,13H,9,16H2,1H3,(H,17,20). The van der Waals surface area contributed by atoms with Gasteiger partial charge in [0, 0.05) is 18.8 Å². The average molecular weight is 300 g/mol. The van der Waals surface area contributed by atoms with Crippen molar-refractivity contribution in [3.05, 3.63) is 58.5 Å². The molecule has 0 saturated heterocycles. The van der Waals surface area contributed by atoms with E-state index in [1.165, 1.54) is 27.1 Å². The molecule has 1 unspecified atom stereocenters. The maximum atomic E-state index is 11.3. The van der Waals surface area contributed by atoms with Crippen LogP contribution in [0.5, 0.6) is 0 Å². The fourth-order valence-corrected chi connectivity index (χ4v) is 3.18. The van der Waals surface area contributed by atoms with Crippen LogP contribution < -0.4 is 11.4 Å². The summed E-state index contributed by atoms with van der Waals surface area (Å²) < 4.78 is 1.49. The van der Waals surface area contributed by atoms with E-state index in [0.717, 1.165) is 5.56 Å². The number of fused-ring (bicyclic) bond motifs is 1. The van der Waals surface area contributed by atoms with E-state index in [0.29, 0.717) is 10.9 Å². The van der Waals surface area contributed by atoms with Gasteiger partial charge in [0.1, 0.15) is 0 Å². The fourth-order valence-electron chi connectivity index (χ4n) is 2.29. The SMILES string of the molecule is Cn1c(SCC(N)c2cccc3ccccc23)n[nH]c1=O. The molecule has 0 spiro atoms. The molecule has 21 heavy (non-hydrogen) atoms. The quantitative estimate of drug-likeness (QED) is 0.723. The maximum Gasteiger partial charge on any atom is 0.343 e. The molecule has 5 nitrogen and oxygen atoms in total. The fraction of sp³-hybridized carbons (Fsp3) is 0.200. The summed E-state index contributed by atoms with van der Waals surface area (Å²) in [7, 11) is 1.69. The first-order valence-electron chi connectivity index (χ1n) is 6.64. The Hall–Kier alpha value is -2.05. The van der Waals surface area contributed by atoms with E-state index in [9.17, 15) is 4.79 Å². The van der Waals surface area contributed by atoms with Gasteiger partial charge >= 0.3 is 5.69 Å². The van der Waals surface area contributed by atoms with Crippen molar-refractivity contribution in [1.29, 1.82) is 0 Å². The molecule has 3 aromatic rings. The van der Waals surface area contributed by atoms with Gasteiger partial charge in [-0.3, -0.25) is 4.57 Å². The number of hydrogen-bond donors (Lipinski definition) is 2. The molecule has 1 atom stereocenters. The van der Waals surface area contributed by atoms with Crippen molar-refractivity contribution in [3.63, 3.8) is 0 Å². The lowest BCUT2D eigenvalue weighted by Crippen LogP contribution is -2.15. The Kier molecular flexibility index (Phi) is 3.81. The van der Waals surface area contributed by atoms with E-state index >= 15 is 0 Å². The minimum Gasteiger partial charge on any atom is -0.323 e. The van der Waals surface area contributed by atoms with E-state index in [2.05, 4.69) is 34.5 Å². The molecule has 3 rings (SSSR count). The zero-order valence-corrected chi connectivity index (χ0v) is 12.4. The molecule has 0 fully saturated rings. The van der Waals surface area contributed by atoms with Crippen molar-refractivity contribution in [3.8, 4) is 0 Å². The summed E-state index contributed by atoms with van der Waals surface area (Å²) >= 11 is 1.47. The monoisotopic (exact) mass is 300 g/mol. The Bertz CT molecular complexity index is 818. The zero-order chi connectivity index (χ0) is 14.8. The lowest BCUT2D eigenvalue weighted by atomic mass is 10.0. The van der Waals surface area contributed by atoms with Crippen molar-refractivity contribution < 1.29 is 0 Å². The number of aromatic nitrogens is 3. The van der Waals surface area contributed by atoms with Crippen LogP contribution in [0.1, 0.15) is 11.6 Å². The Balaban J connectivity index is 1.83. The van der Waals surface area contributed by atoms with Crippen LogP contribution in [0.4, 0.5) is 0 Å². The number of aromatic amines is 1. The minimum atomic E-state index is -0.212. The number of rotatable bonds is 4. The largest absolute Gasteiger partial charge is 0.343 e. The van der Waals surface area contributed by atoms with Gasteiger partial charge < -0.3 is 5.73 Å². The van der Waals surface area contributed by atoms with Gasteiger partial charge in [0.25, 0.3) is 0 Å².